The van der Waals surface area contributed by atoms with Crippen molar-refractivity contribution in [3.63, 3.8) is 0 Å². The van der Waals surface area contributed by atoms with Gasteiger partial charge >= 0.3 is 5.97 Å². The number of rotatable bonds is 6. The van der Waals surface area contributed by atoms with Gasteiger partial charge in [0.15, 0.2) is 0 Å². The smallest absolute Gasteiger partial charge is 0.305 e. The molecule has 0 heterocycles. The van der Waals surface area contributed by atoms with Crippen molar-refractivity contribution in [3.8, 4) is 0 Å². The fraction of sp³-hybridized carbons (Fsp3) is 0.133. The van der Waals surface area contributed by atoms with E-state index in [0.29, 0.717) is 15.2 Å². The Balaban J connectivity index is 2.50. The van der Waals surface area contributed by atoms with Crippen LogP contribution >= 0.6 is 27.5 Å². The Hall–Kier alpha value is -1.57. The van der Waals surface area contributed by atoms with Gasteiger partial charge in [0.1, 0.15) is 0 Å². The molecule has 2 rings (SSSR count). The predicted molar refractivity (Wildman–Crippen MR) is 92.4 cm³/mol. The summed E-state index contributed by atoms with van der Waals surface area (Å²) in [5.74, 6) is -1.08. The largest absolute Gasteiger partial charge is 0.481 e. The quantitative estimate of drug-likeness (QED) is 0.775. The van der Waals surface area contributed by atoms with Gasteiger partial charge < -0.3 is 5.11 Å². The van der Waals surface area contributed by atoms with Gasteiger partial charge in [0.25, 0.3) is 10.0 Å². The number of halogens is 2. The first kappa shape index (κ1) is 17.8. The standard InChI is InChI=1S/C15H13BrClNO4S/c16-13-3-1-2-4-14(13)18(10-9-15(19)20)23(21,22)12-7-5-11(17)6-8-12/h1-8H,9-10H2,(H,19,20). The van der Waals surface area contributed by atoms with Crippen molar-refractivity contribution in [1.29, 1.82) is 0 Å². The summed E-state index contributed by atoms with van der Waals surface area (Å²) < 4.78 is 27.4. The van der Waals surface area contributed by atoms with Crippen LogP contribution in [0.1, 0.15) is 6.42 Å². The van der Waals surface area contributed by atoms with E-state index in [1.165, 1.54) is 24.3 Å². The number of sulfonamides is 1. The zero-order chi connectivity index (χ0) is 17.0. The number of carboxylic acid groups (broad SMARTS) is 1. The molecule has 0 saturated heterocycles. The van der Waals surface area contributed by atoms with E-state index in [2.05, 4.69) is 15.9 Å². The van der Waals surface area contributed by atoms with Crippen LogP contribution in [0.4, 0.5) is 5.69 Å². The van der Waals surface area contributed by atoms with E-state index in [0.717, 1.165) is 4.31 Å². The first-order valence-corrected chi connectivity index (χ1v) is 9.18. The fourth-order valence-corrected chi connectivity index (χ4v) is 4.18. The highest BCUT2D eigenvalue weighted by atomic mass is 79.9. The van der Waals surface area contributed by atoms with Gasteiger partial charge in [-0.05, 0) is 52.3 Å². The number of hydrogen-bond donors (Lipinski definition) is 1. The van der Waals surface area contributed by atoms with E-state index in [4.69, 9.17) is 16.7 Å². The Bertz CT molecular complexity index is 808. The summed E-state index contributed by atoms with van der Waals surface area (Å²) in [6.07, 6.45) is -0.311. The van der Waals surface area contributed by atoms with Gasteiger partial charge in [-0.25, -0.2) is 8.42 Å². The minimum absolute atomic E-state index is 0.0445. The monoisotopic (exact) mass is 417 g/mol. The number of aliphatic carboxylic acids is 1. The first-order chi connectivity index (χ1) is 10.8. The number of nitrogens with zero attached hydrogens (tertiary/aromatic N) is 1. The van der Waals surface area contributed by atoms with Crippen LogP contribution in [0.2, 0.25) is 5.02 Å². The van der Waals surface area contributed by atoms with Crippen LogP contribution in [0, 0.1) is 0 Å². The van der Waals surface area contributed by atoms with Crippen molar-refractivity contribution < 1.29 is 18.3 Å². The molecule has 2 aromatic carbocycles. The molecule has 0 bridgehead atoms. The number of anilines is 1. The van der Waals surface area contributed by atoms with Crippen LogP contribution in [-0.4, -0.2) is 26.0 Å². The first-order valence-electron chi connectivity index (χ1n) is 6.57. The van der Waals surface area contributed by atoms with E-state index in [1.807, 2.05) is 0 Å². The van der Waals surface area contributed by atoms with Crippen LogP contribution in [0.5, 0.6) is 0 Å². The Kier molecular flexibility index (Phi) is 5.67. The topological polar surface area (TPSA) is 74.7 Å². The Labute approximate surface area is 147 Å². The molecule has 0 radical (unpaired) electrons. The lowest BCUT2D eigenvalue weighted by Crippen LogP contribution is -2.33. The van der Waals surface area contributed by atoms with Gasteiger partial charge in [-0.1, -0.05) is 23.7 Å². The molecule has 0 spiro atoms. The summed E-state index contributed by atoms with van der Waals surface area (Å²) in [7, 11) is -3.91. The van der Waals surface area contributed by atoms with Crippen molar-refractivity contribution in [2.24, 2.45) is 0 Å². The molecule has 0 aliphatic rings. The van der Waals surface area contributed by atoms with Crippen molar-refractivity contribution in [2.45, 2.75) is 11.3 Å². The lowest BCUT2D eigenvalue weighted by Gasteiger charge is -2.25. The molecule has 0 saturated carbocycles. The zero-order valence-electron chi connectivity index (χ0n) is 11.8. The molecule has 122 valence electrons. The fourth-order valence-electron chi connectivity index (χ4n) is 1.96. The third-order valence-electron chi connectivity index (χ3n) is 3.05. The van der Waals surface area contributed by atoms with E-state index in [-0.39, 0.29) is 17.9 Å². The molecule has 2 aromatic rings. The number of benzene rings is 2. The lowest BCUT2D eigenvalue weighted by molar-refractivity contribution is -0.136. The van der Waals surface area contributed by atoms with Gasteiger partial charge in [-0.15, -0.1) is 0 Å². The van der Waals surface area contributed by atoms with Crippen molar-refractivity contribution in [2.75, 3.05) is 10.8 Å². The minimum Gasteiger partial charge on any atom is -0.481 e. The maximum Gasteiger partial charge on any atom is 0.305 e. The Morgan fingerprint density at radius 3 is 2.30 bits per heavy atom. The van der Waals surface area contributed by atoms with Crippen LogP contribution in [0.3, 0.4) is 0 Å². The van der Waals surface area contributed by atoms with Crippen LogP contribution in [0.15, 0.2) is 57.9 Å². The van der Waals surface area contributed by atoms with Gasteiger partial charge in [-0.3, -0.25) is 9.10 Å². The summed E-state index contributed by atoms with van der Waals surface area (Å²) in [5, 5.41) is 9.32. The van der Waals surface area contributed by atoms with Gasteiger partial charge in [0, 0.05) is 16.0 Å². The molecular weight excluding hydrogens is 406 g/mol. The average molecular weight is 419 g/mol. The third-order valence-corrected chi connectivity index (χ3v) is 5.80. The Morgan fingerprint density at radius 2 is 1.74 bits per heavy atom. The number of para-hydroxylation sites is 1. The van der Waals surface area contributed by atoms with Crippen molar-refractivity contribution in [1.82, 2.24) is 0 Å². The van der Waals surface area contributed by atoms with Crippen LogP contribution in [0.25, 0.3) is 0 Å². The molecule has 23 heavy (non-hydrogen) atoms. The molecule has 0 atom stereocenters. The van der Waals surface area contributed by atoms with Crippen LogP contribution < -0.4 is 4.31 Å². The van der Waals surface area contributed by atoms with Gasteiger partial charge in [0.05, 0.1) is 17.0 Å². The highest BCUT2D eigenvalue weighted by Gasteiger charge is 2.26. The molecule has 0 unspecified atom stereocenters. The Morgan fingerprint density at radius 1 is 1.13 bits per heavy atom. The summed E-state index contributed by atoms with van der Waals surface area (Å²) in [6, 6.07) is 12.5. The maximum absolute atomic E-state index is 12.9. The zero-order valence-corrected chi connectivity index (χ0v) is 15.0. The van der Waals surface area contributed by atoms with Crippen molar-refractivity contribution in [3.05, 3.63) is 58.0 Å². The SMILES string of the molecule is O=C(O)CCN(c1ccccc1Br)S(=O)(=O)c1ccc(Cl)cc1. The molecule has 8 heteroatoms. The second kappa shape index (κ2) is 7.33. The second-order valence-corrected chi connectivity index (χ2v) is 7.78. The van der Waals surface area contributed by atoms with E-state index < -0.39 is 16.0 Å². The third kappa shape index (κ3) is 4.25. The normalized spacial score (nSPS) is 11.2. The van der Waals surface area contributed by atoms with E-state index in [1.54, 1.807) is 24.3 Å². The molecule has 0 fully saturated rings. The average Bonchev–Trinajstić information content (AvgIpc) is 2.49. The molecule has 0 aliphatic heterocycles. The summed E-state index contributed by atoms with van der Waals surface area (Å²) in [6.45, 7) is -0.178. The van der Waals surface area contributed by atoms with Crippen LogP contribution in [-0.2, 0) is 14.8 Å². The van der Waals surface area contributed by atoms with Gasteiger partial charge in [0.2, 0.25) is 0 Å². The summed E-state index contributed by atoms with van der Waals surface area (Å²) in [5.41, 5.74) is 0.378. The molecule has 0 aromatic heterocycles. The summed E-state index contributed by atoms with van der Waals surface area (Å²) in [4.78, 5) is 10.9. The van der Waals surface area contributed by atoms with E-state index >= 15 is 0 Å². The van der Waals surface area contributed by atoms with Gasteiger partial charge in [-0.2, -0.15) is 0 Å². The minimum atomic E-state index is -3.91. The molecule has 1 N–H and O–H groups in total. The predicted octanol–water partition coefficient (Wildman–Crippen LogP) is 3.77. The lowest BCUT2D eigenvalue weighted by atomic mass is 10.3. The number of carboxylic acids is 1. The highest BCUT2D eigenvalue weighted by molar-refractivity contribution is 9.10. The highest BCUT2D eigenvalue weighted by Crippen LogP contribution is 2.31. The van der Waals surface area contributed by atoms with Crippen molar-refractivity contribution >= 4 is 49.2 Å². The number of hydrogen-bond acceptors (Lipinski definition) is 3. The molecular formula is C15H13BrClNO4S. The molecule has 0 amide bonds. The molecule has 0 aliphatic carbocycles. The second-order valence-electron chi connectivity index (χ2n) is 4.63. The number of carbonyl (C=O) groups is 1. The summed E-state index contributed by atoms with van der Waals surface area (Å²) >= 11 is 9.10. The van der Waals surface area contributed by atoms with E-state index in [9.17, 15) is 13.2 Å². The molecule has 5 nitrogen and oxygen atoms in total. The maximum atomic E-state index is 12.9.